The summed E-state index contributed by atoms with van der Waals surface area (Å²) in [6.07, 6.45) is 1.44. The SMILES string of the molecule is CCC(NC(=O)c1n[nH]c2c1CNCC2)c1cccc([N+](=O)[O-])c1.Cl. The molecule has 1 aliphatic heterocycles. The minimum absolute atomic E-state index is 0. The molecule has 9 heteroatoms. The van der Waals surface area contributed by atoms with Crippen LogP contribution in [0.25, 0.3) is 0 Å². The lowest BCUT2D eigenvalue weighted by Gasteiger charge is -2.18. The van der Waals surface area contributed by atoms with Crippen LogP contribution in [-0.2, 0) is 13.0 Å². The number of hydrogen-bond acceptors (Lipinski definition) is 5. The van der Waals surface area contributed by atoms with Gasteiger partial charge in [-0.05, 0) is 12.0 Å². The molecule has 0 radical (unpaired) electrons. The van der Waals surface area contributed by atoms with Crippen LogP contribution in [-0.4, -0.2) is 27.6 Å². The lowest BCUT2D eigenvalue weighted by Crippen LogP contribution is -2.31. The number of halogens is 1. The summed E-state index contributed by atoms with van der Waals surface area (Å²) in [7, 11) is 0. The molecule has 1 aliphatic rings. The number of nitro benzene ring substituents is 1. The number of nitrogens with one attached hydrogen (secondary N) is 3. The van der Waals surface area contributed by atoms with E-state index < -0.39 is 4.92 Å². The Morgan fingerprint density at radius 2 is 2.28 bits per heavy atom. The van der Waals surface area contributed by atoms with E-state index in [-0.39, 0.29) is 30.0 Å². The second-order valence-corrected chi connectivity index (χ2v) is 5.74. The molecule has 1 unspecified atom stereocenters. The van der Waals surface area contributed by atoms with Gasteiger partial charge >= 0.3 is 0 Å². The van der Waals surface area contributed by atoms with Crippen molar-refractivity contribution in [1.82, 2.24) is 20.8 Å². The predicted molar refractivity (Wildman–Crippen MR) is 94.8 cm³/mol. The second-order valence-electron chi connectivity index (χ2n) is 5.74. The van der Waals surface area contributed by atoms with Crippen molar-refractivity contribution in [3.8, 4) is 0 Å². The maximum atomic E-state index is 12.6. The van der Waals surface area contributed by atoms with Crippen molar-refractivity contribution in [1.29, 1.82) is 0 Å². The average Bonchev–Trinajstić information content (AvgIpc) is 3.03. The van der Waals surface area contributed by atoms with E-state index in [4.69, 9.17) is 0 Å². The molecule has 2 heterocycles. The molecule has 0 aliphatic carbocycles. The van der Waals surface area contributed by atoms with E-state index in [1.165, 1.54) is 12.1 Å². The van der Waals surface area contributed by atoms with Crippen molar-refractivity contribution in [2.24, 2.45) is 0 Å². The molecule has 1 amide bonds. The number of nitro groups is 1. The third-order valence-electron chi connectivity index (χ3n) is 4.22. The molecule has 0 spiro atoms. The molecule has 3 N–H and O–H groups in total. The van der Waals surface area contributed by atoms with Crippen molar-refractivity contribution in [3.05, 3.63) is 56.9 Å². The molecular weight excluding hydrogens is 346 g/mol. The van der Waals surface area contributed by atoms with E-state index >= 15 is 0 Å². The monoisotopic (exact) mass is 365 g/mol. The standard InChI is InChI=1S/C16H19N5O3.ClH/c1-2-13(10-4-3-5-11(8-10)21(23)24)18-16(22)15-12-9-17-7-6-14(12)19-20-15;/h3-5,8,13,17H,2,6-7,9H2,1H3,(H,18,22)(H,19,20);1H. The third-order valence-corrected chi connectivity index (χ3v) is 4.22. The molecule has 0 fully saturated rings. The Kier molecular flexibility index (Phi) is 6.11. The summed E-state index contributed by atoms with van der Waals surface area (Å²) in [5.41, 5.74) is 3.00. The van der Waals surface area contributed by atoms with Gasteiger partial charge in [0.1, 0.15) is 0 Å². The number of H-pyrrole nitrogens is 1. The van der Waals surface area contributed by atoms with Gasteiger partial charge in [0, 0.05) is 42.9 Å². The predicted octanol–water partition coefficient (Wildman–Crippen LogP) is 2.27. The Balaban J connectivity index is 0.00000225. The molecule has 0 saturated heterocycles. The Labute approximate surface area is 151 Å². The summed E-state index contributed by atoms with van der Waals surface area (Å²) in [6, 6.07) is 6.04. The van der Waals surface area contributed by atoms with E-state index in [1.807, 2.05) is 6.92 Å². The van der Waals surface area contributed by atoms with Gasteiger partial charge in [-0.3, -0.25) is 20.0 Å². The quantitative estimate of drug-likeness (QED) is 0.555. The minimum atomic E-state index is -0.437. The van der Waals surface area contributed by atoms with Gasteiger partial charge in [0.05, 0.1) is 11.0 Å². The van der Waals surface area contributed by atoms with Crippen LogP contribution in [0.2, 0.25) is 0 Å². The summed E-state index contributed by atoms with van der Waals surface area (Å²) in [5, 5.41) is 24.1. The lowest BCUT2D eigenvalue weighted by molar-refractivity contribution is -0.384. The fraction of sp³-hybridized carbons (Fsp3) is 0.375. The highest BCUT2D eigenvalue weighted by molar-refractivity contribution is 5.94. The molecule has 1 aromatic carbocycles. The smallest absolute Gasteiger partial charge is 0.272 e. The number of carbonyl (C=O) groups excluding carboxylic acids is 1. The fourth-order valence-electron chi connectivity index (χ4n) is 2.92. The first-order chi connectivity index (χ1) is 11.6. The summed E-state index contributed by atoms with van der Waals surface area (Å²) in [5.74, 6) is -0.269. The van der Waals surface area contributed by atoms with Crippen LogP contribution in [0.4, 0.5) is 5.69 Å². The summed E-state index contributed by atoms with van der Waals surface area (Å²) in [4.78, 5) is 23.1. The van der Waals surface area contributed by atoms with E-state index in [9.17, 15) is 14.9 Å². The normalized spacial score (nSPS) is 14.1. The van der Waals surface area contributed by atoms with Gasteiger partial charge in [-0.15, -0.1) is 12.4 Å². The number of hydrogen-bond donors (Lipinski definition) is 3. The Morgan fingerprint density at radius 3 is 3.00 bits per heavy atom. The fourth-order valence-corrected chi connectivity index (χ4v) is 2.92. The zero-order chi connectivity index (χ0) is 17.1. The molecule has 1 aromatic heterocycles. The average molecular weight is 366 g/mol. The van der Waals surface area contributed by atoms with Gasteiger partial charge in [0.25, 0.3) is 11.6 Å². The first-order valence-corrected chi connectivity index (χ1v) is 7.92. The maximum absolute atomic E-state index is 12.6. The number of carbonyl (C=O) groups is 1. The third kappa shape index (κ3) is 3.97. The summed E-state index contributed by atoms with van der Waals surface area (Å²) < 4.78 is 0. The van der Waals surface area contributed by atoms with Crippen LogP contribution in [0.3, 0.4) is 0 Å². The number of fused-ring (bicyclic) bond motifs is 1. The number of amides is 1. The van der Waals surface area contributed by atoms with Gasteiger partial charge in [-0.1, -0.05) is 19.1 Å². The Bertz CT molecular complexity index is 777. The molecule has 25 heavy (non-hydrogen) atoms. The molecule has 0 bridgehead atoms. The highest BCUT2D eigenvalue weighted by Crippen LogP contribution is 2.23. The molecule has 0 saturated carbocycles. The number of non-ortho nitro benzene ring substituents is 1. The van der Waals surface area contributed by atoms with Crippen molar-refractivity contribution in [2.45, 2.75) is 32.4 Å². The molecular formula is C16H20ClN5O3. The van der Waals surface area contributed by atoms with Gasteiger partial charge in [-0.25, -0.2) is 0 Å². The van der Waals surface area contributed by atoms with Crippen LogP contribution >= 0.6 is 12.4 Å². The van der Waals surface area contributed by atoms with Gasteiger partial charge in [0.15, 0.2) is 5.69 Å². The zero-order valence-electron chi connectivity index (χ0n) is 13.7. The van der Waals surface area contributed by atoms with Crippen molar-refractivity contribution in [3.63, 3.8) is 0 Å². The van der Waals surface area contributed by atoms with E-state index in [0.717, 1.165) is 24.2 Å². The molecule has 134 valence electrons. The van der Waals surface area contributed by atoms with Crippen LogP contribution in [0.5, 0.6) is 0 Å². The van der Waals surface area contributed by atoms with Crippen LogP contribution in [0.15, 0.2) is 24.3 Å². The summed E-state index contributed by atoms with van der Waals surface area (Å²) >= 11 is 0. The molecule has 1 atom stereocenters. The van der Waals surface area contributed by atoms with E-state index in [1.54, 1.807) is 12.1 Å². The maximum Gasteiger partial charge on any atom is 0.272 e. The minimum Gasteiger partial charge on any atom is -0.344 e. The van der Waals surface area contributed by atoms with Crippen LogP contribution < -0.4 is 10.6 Å². The molecule has 8 nitrogen and oxygen atoms in total. The van der Waals surface area contributed by atoms with Crippen LogP contribution in [0.1, 0.15) is 46.7 Å². The van der Waals surface area contributed by atoms with Gasteiger partial charge in [0.2, 0.25) is 0 Å². The zero-order valence-corrected chi connectivity index (χ0v) is 14.6. The van der Waals surface area contributed by atoms with Gasteiger partial charge in [-0.2, -0.15) is 5.10 Å². The van der Waals surface area contributed by atoms with Crippen LogP contribution in [0, 0.1) is 10.1 Å². The number of aromatic amines is 1. The lowest BCUT2D eigenvalue weighted by atomic mass is 10.0. The van der Waals surface area contributed by atoms with E-state index in [2.05, 4.69) is 20.8 Å². The highest BCUT2D eigenvalue weighted by atomic mass is 35.5. The Morgan fingerprint density at radius 1 is 1.48 bits per heavy atom. The first-order valence-electron chi connectivity index (χ1n) is 7.92. The Hall–Kier alpha value is -2.45. The van der Waals surface area contributed by atoms with E-state index in [0.29, 0.717) is 24.2 Å². The largest absolute Gasteiger partial charge is 0.344 e. The first kappa shape index (κ1) is 18.9. The van der Waals surface area contributed by atoms with Gasteiger partial charge < -0.3 is 10.6 Å². The van der Waals surface area contributed by atoms with Crippen molar-refractivity contribution < 1.29 is 9.72 Å². The molecule has 2 aromatic rings. The molecule has 3 rings (SSSR count). The number of nitrogens with zero attached hydrogens (tertiary/aromatic N) is 2. The number of aromatic nitrogens is 2. The number of rotatable bonds is 5. The topological polar surface area (TPSA) is 113 Å². The second kappa shape index (κ2) is 8.09. The number of benzene rings is 1. The highest BCUT2D eigenvalue weighted by Gasteiger charge is 2.24. The van der Waals surface area contributed by atoms with Crippen molar-refractivity contribution in [2.75, 3.05) is 6.54 Å². The summed E-state index contributed by atoms with van der Waals surface area (Å²) in [6.45, 7) is 3.40. The van der Waals surface area contributed by atoms with Crippen molar-refractivity contribution >= 4 is 24.0 Å².